The molecule has 4 nitrogen and oxygen atoms in total. The fraction of sp³-hybridized carbons (Fsp3) is 0.400. The van der Waals surface area contributed by atoms with Crippen molar-refractivity contribution in [1.82, 2.24) is 9.78 Å². The van der Waals surface area contributed by atoms with E-state index in [1.54, 1.807) is 11.8 Å². The van der Waals surface area contributed by atoms with Gasteiger partial charge in [0.15, 0.2) is 0 Å². The fourth-order valence-corrected chi connectivity index (χ4v) is 3.16. The first-order chi connectivity index (χ1) is 9.67. The maximum atomic E-state index is 9.17. The fourth-order valence-electron chi connectivity index (χ4n) is 1.94. The monoisotopic (exact) mass is 291 g/mol. The van der Waals surface area contributed by atoms with Crippen LogP contribution in [0.25, 0.3) is 5.69 Å². The summed E-state index contributed by atoms with van der Waals surface area (Å²) in [6, 6.07) is 10.1. The van der Waals surface area contributed by atoms with Crippen molar-refractivity contribution in [2.75, 3.05) is 12.4 Å². The van der Waals surface area contributed by atoms with Gasteiger partial charge in [-0.15, -0.1) is 11.8 Å². The van der Waals surface area contributed by atoms with Crippen LogP contribution < -0.4 is 5.73 Å². The summed E-state index contributed by atoms with van der Waals surface area (Å²) >= 11 is 1.71. The molecule has 0 aliphatic heterocycles. The molecule has 0 saturated heterocycles. The van der Waals surface area contributed by atoms with Crippen LogP contribution in [0, 0.1) is 12.8 Å². The Hall–Kier alpha value is -1.30. The van der Waals surface area contributed by atoms with Crippen LogP contribution in [0.15, 0.2) is 35.4 Å². The third-order valence-electron chi connectivity index (χ3n) is 3.16. The molecule has 0 spiro atoms. The Morgan fingerprint density at radius 2 is 2.05 bits per heavy atom. The molecule has 108 valence electrons. The van der Waals surface area contributed by atoms with E-state index in [9.17, 15) is 5.11 Å². The largest absolute Gasteiger partial charge is 0.396 e. The van der Waals surface area contributed by atoms with Crippen LogP contribution in [-0.4, -0.2) is 27.2 Å². The lowest BCUT2D eigenvalue weighted by Crippen LogP contribution is -2.07. The zero-order valence-corrected chi connectivity index (χ0v) is 12.7. The minimum Gasteiger partial charge on any atom is -0.396 e. The van der Waals surface area contributed by atoms with Gasteiger partial charge in [0, 0.05) is 24.5 Å². The molecule has 0 aliphatic rings. The van der Waals surface area contributed by atoms with Gasteiger partial charge < -0.3 is 10.8 Å². The summed E-state index contributed by atoms with van der Waals surface area (Å²) in [7, 11) is 0. The van der Waals surface area contributed by atoms with Gasteiger partial charge in [0.2, 0.25) is 0 Å². The highest BCUT2D eigenvalue weighted by molar-refractivity contribution is 7.99. The molecular weight excluding hydrogens is 270 g/mol. The first kappa shape index (κ1) is 15.1. The molecule has 0 fully saturated rings. The van der Waals surface area contributed by atoms with Gasteiger partial charge in [0.05, 0.1) is 11.4 Å². The van der Waals surface area contributed by atoms with E-state index in [4.69, 9.17) is 5.73 Å². The molecule has 1 aromatic carbocycles. The molecule has 1 unspecified atom stereocenters. The predicted molar refractivity (Wildman–Crippen MR) is 83.2 cm³/mol. The Morgan fingerprint density at radius 1 is 1.35 bits per heavy atom. The molecule has 2 rings (SSSR count). The Kier molecular flexibility index (Phi) is 5.23. The van der Waals surface area contributed by atoms with Crippen molar-refractivity contribution in [2.24, 2.45) is 11.7 Å². The minimum absolute atomic E-state index is 0.198. The van der Waals surface area contributed by atoms with Gasteiger partial charge in [-0.1, -0.05) is 25.1 Å². The van der Waals surface area contributed by atoms with E-state index in [1.165, 1.54) is 0 Å². The normalized spacial score (nSPS) is 12.6. The summed E-state index contributed by atoms with van der Waals surface area (Å²) in [4.78, 5) is 0. The topological polar surface area (TPSA) is 64.1 Å². The highest BCUT2D eigenvalue weighted by Gasteiger charge is 2.16. The number of benzene rings is 1. The van der Waals surface area contributed by atoms with Gasteiger partial charge in [-0.2, -0.15) is 5.10 Å². The Morgan fingerprint density at radius 3 is 2.65 bits per heavy atom. The standard InChI is InChI=1S/C15H21N3OS/c1-11(9-19)10-20-15-14(8-16)12(2)17-18(15)13-6-4-3-5-7-13/h3-7,11,19H,8-10,16H2,1-2H3. The first-order valence-electron chi connectivity index (χ1n) is 6.75. The molecule has 0 bridgehead atoms. The SMILES string of the molecule is Cc1nn(-c2ccccc2)c(SCC(C)CO)c1CN. The number of aliphatic hydroxyl groups is 1. The number of hydrogen-bond acceptors (Lipinski definition) is 4. The molecule has 5 heteroatoms. The lowest BCUT2D eigenvalue weighted by atomic mass is 10.2. The van der Waals surface area contributed by atoms with Crippen LogP contribution in [0.5, 0.6) is 0 Å². The molecule has 1 heterocycles. The van der Waals surface area contributed by atoms with Gasteiger partial charge in [-0.05, 0) is 25.0 Å². The van der Waals surface area contributed by atoms with E-state index in [2.05, 4.69) is 5.10 Å². The summed E-state index contributed by atoms with van der Waals surface area (Å²) < 4.78 is 1.95. The van der Waals surface area contributed by atoms with Gasteiger partial charge >= 0.3 is 0 Å². The Bertz CT molecular complexity index is 554. The van der Waals surface area contributed by atoms with Crippen molar-refractivity contribution in [3.8, 4) is 5.69 Å². The average Bonchev–Trinajstić information content (AvgIpc) is 2.81. The van der Waals surface area contributed by atoms with E-state index in [1.807, 2.05) is 48.9 Å². The van der Waals surface area contributed by atoms with E-state index in [-0.39, 0.29) is 12.5 Å². The average molecular weight is 291 g/mol. The molecule has 0 aliphatic carbocycles. The number of aromatic nitrogens is 2. The number of hydrogen-bond donors (Lipinski definition) is 2. The molecule has 3 N–H and O–H groups in total. The molecular formula is C15H21N3OS. The van der Waals surface area contributed by atoms with Crippen LogP contribution in [0.4, 0.5) is 0 Å². The third-order valence-corrected chi connectivity index (χ3v) is 4.59. The van der Waals surface area contributed by atoms with Crippen LogP contribution in [0.1, 0.15) is 18.2 Å². The molecule has 20 heavy (non-hydrogen) atoms. The van der Waals surface area contributed by atoms with Crippen LogP contribution in [-0.2, 0) is 6.54 Å². The molecule has 1 atom stereocenters. The van der Waals surface area contributed by atoms with Crippen molar-refractivity contribution in [1.29, 1.82) is 0 Å². The number of rotatable bonds is 6. The van der Waals surface area contributed by atoms with Crippen LogP contribution in [0.2, 0.25) is 0 Å². The Labute approximate surface area is 124 Å². The second-order valence-corrected chi connectivity index (χ2v) is 5.93. The van der Waals surface area contributed by atoms with Crippen molar-refractivity contribution in [3.63, 3.8) is 0 Å². The number of aliphatic hydroxyl groups excluding tert-OH is 1. The summed E-state index contributed by atoms with van der Waals surface area (Å²) in [6.45, 7) is 4.70. The van der Waals surface area contributed by atoms with Crippen molar-refractivity contribution in [3.05, 3.63) is 41.6 Å². The number of thioether (sulfide) groups is 1. The molecule has 2 aromatic rings. The van der Waals surface area contributed by atoms with Crippen molar-refractivity contribution in [2.45, 2.75) is 25.4 Å². The van der Waals surface area contributed by atoms with E-state index in [0.29, 0.717) is 6.54 Å². The summed E-state index contributed by atoms with van der Waals surface area (Å²) in [5.74, 6) is 1.10. The van der Waals surface area contributed by atoms with Gasteiger partial charge in [-0.25, -0.2) is 4.68 Å². The van der Waals surface area contributed by atoms with Gasteiger partial charge in [0.1, 0.15) is 5.03 Å². The zero-order chi connectivity index (χ0) is 14.5. The lowest BCUT2D eigenvalue weighted by molar-refractivity contribution is 0.250. The summed E-state index contributed by atoms with van der Waals surface area (Å²) in [6.07, 6.45) is 0. The maximum absolute atomic E-state index is 9.17. The smallest absolute Gasteiger partial charge is 0.105 e. The maximum Gasteiger partial charge on any atom is 0.105 e. The molecule has 1 aromatic heterocycles. The minimum atomic E-state index is 0.198. The number of para-hydroxylation sites is 1. The van der Waals surface area contributed by atoms with Gasteiger partial charge in [0.25, 0.3) is 0 Å². The second-order valence-electron chi connectivity index (χ2n) is 4.92. The number of nitrogens with zero attached hydrogens (tertiary/aromatic N) is 2. The van der Waals surface area contributed by atoms with E-state index >= 15 is 0 Å². The third kappa shape index (κ3) is 3.23. The first-order valence-corrected chi connectivity index (χ1v) is 7.73. The number of nitrogens with two attached hydrogens (primary N) is 1. The van der Waals surface area contributed by atoms with Crippen LogP contribution >= 0.6 is 11.8 Å². The lowest BCUT2D eigenvalue weighted by Gasteiger charge is -2.11. The van der Waals surface area contributed by atoms with Crippen LogP contribution in [0.3, 0.4) is 0 Å². The zero-order valence-electron chi connectivity index (χ0n) is 11.9. The van der Waals surface area contributed by atoms with E-state index < -0.39 is 0 Å². The van der Waals surface area contributed by atoms with Gasteiger partial charge in [-0.3, -0.25) is 0 Å². The summed E-state index contributed by atoms with van der Waals surface area (Å²) in [5.41, 5.74) is 8.96. The molecule has 0 radical (unpaired) electrons. The summed E-state index contributed by atoms with van der Waals surface area (Å²) in [5, 5.41) is 14.9. The quantitative estimate of drug-likeness (QED) is 0.802. The Balaban J connectivity index is 2.36. The van der Waals surface area contributed by atoms with Crippen molar-refractivity contribution >= 4 is 11.8 Å². The molecule has 0 amide bonds. The van der Waals surface area contributed by atoms with E-state index in [0.717, 1.165) is 27.7 Å². The second kappa shape index (κ2) is 6.92. The van der Waals surface area contributed by atoms with Crippen molar-refractivity contribution < 1.29 is 5.11 Å². The molecule has 0 saturated carbocycles. The predicted octanol–water partition coefficient (Wildman–Crippen LogP) is 2.36. The highest BCUT2D eigenvalue weighted by atomic mass is 32.2. The highest BCUT2D eigenvalue weighted by Crippen LogP contribution is 2.29. The number of aryl methyl sites for hydroxylation is 1.